The number of nitrogens with zero attached hydrogens (tertiary/aromatic N) is 1. The van der Waals surface area contributed by atoms with Gasteiger partial charge in [-0.25, -0.2) is 0 Å². The average molecular weight is 365 g/mol. The molecule has 2 amide bonds. The predicted molar refractivity (Wildman–Crippen MR) is 99.9 cm³/mol. The molecule has 2 aliphatic heterocycles. The molecule has 27 heavy (non-hydrogen) atoms. The van der Waals surface area contributed by atoms with Crippen LogP contribution in [0.2, 0.25) is 0 Å². The summed E-state index contributed by atoms with van der Waals surface area (Å²) in [5.74, 6) is -0.812. The molecule has 1 spiro atoms. The largest absolute Gasteiger partial charge is 0.384 e. The Morgan fingerprint density at radius 1 is 1.15 bits per heavy atom. The summed E-state index contributed by atoms with van der Waals surface area (Å²) in [7, 11) is 0. The Hall–Kier alpha value is -2.31. The lowest BCUT2D eigenvalue weighted by Crippen LogP contribution is -2.49. The van der Waals surface area contributed by atoms with Gasteiger partial charge in [0.05, 0.1) is 17.0 Å². The van der Waals surface area contributed by atoms with E-state index in [0.29, 0.717) is 19.3 Å². The Bertz CT molecular complexity index is 953. The molecule has 1 aromatic carbocycles. The van der Waals surface area contributed by atoms with Crippen LogP contribution in [0, 0.1) is 5.41 Å². The van der Waals surface area contributed by atoms with Crippen LogP contribution in [0.3, 0.4) is 0 Å². The zero-order valence-corrected chi connectivity index (χ0v) is 15.1. The molecule has 0 radical (unpaired) electrons. The van der Waals surface area contributed by atoms with Crippen LogP contribution in [0.15, 0.2) is 30.5 Å². The van der Waals surface area contributed by atoms with Gasteiger partial charge < -0.3 is 10.4 Å². The van der Waals surface area contributed by atoms with Crippen molar-refractivity contribution in [1.29, 1.82) is 0 Å². The number of rotatable bonds is 2. The number of amides is 2. The highest BCUT2D eigenvalue weighted by atomic mass is 16.3. The van der Waals surface area contributed by atoms with Crippen LogP contribution in [0.4, 0.5) is 0 Å². The first-order valence-electron chi connectivity index (χ1n) is 9.68. The highest BCUT2D eigenvalue weighted by Crippen LogP contribution is 2.60. The van der Waals surface area contributed by atoms with Crippen molar-refractivity contribution in [2.75, 3.05) is 13.1 Å². The Balaban J connectivity index is 1.53. The summed E-state index contributed by atoms with van der Waals surface area (Å²) >= 11 is 0. The van der Waals surface area contributed by atoms with Crippen LogP contribution >= 0.6 is 0 Å². The summed E-state index contributed by atoms with van der Waals surface area (Å²) < 4.78 is 0. The highest BCUT2D eigenvalue weighted by Gasteiger charge is 2.60. The SMILES string of the molecule is O=C1CCC(c2cnc3ccc(C4(O)CCNCC45CC5)cc3c2)C(=O)N1. The van der Waals surface area contributed by atoms with Gasteiger partial charge in [-0.15, -0.1) is 0 Å². The first-order valence-corrected chi connectivity index (χ1v) is 9.68. The summed E-state index contributed by atoms with van der Waals surface area (Å²) in [6.45, 7) is 1.67. The van der Waals surface area contributed by atoms with Crippen molar-refractivity contribution in [3.63, 3.8) is 0 Å². The topological polar surface area (TPSA) is 91.3 Å². The minimum Gasteiger partial charge on any atom is -0.384 e. The summed E-state index contributed by atoms with van der Waals surface area (Å²) in [6.07, 6.45) is 5.38. The normalized spacial score (nSPS) is 29.7. The second-order valence-electron chi connectivity index (χ2n) is 8.25. The maximum Gasteiger partial charge on any atom is 0.234 e. The van der Waals surface area contributed by atoms with Gasteiger partial charge >= 0.3 is 0 Å². The minimum absolute atomic E-state index is 0.0480. The molecule has 2 atom stereocenters. The zero-order chi connectivity index (χ0) is 18.6. The highest BCUT2D eigenvalue weighted by molar-refractivity contribution is 6.01. The lowest BCUT2D eigenvalue weighted by molar-refractivity contribution is -0.134. The van der Waals surface area contributed by atoms with E-state index >= 15 is 0 Å². The second-order valence-corrected chi connectivity index (χ2v) is 8.25. The summed E-state index contributed by atoms with van der Waals surface area (Å²) in [4.78, 5) is 28.1. The summed E-state index contributed by atoms with van der Waals surface area (Å²) in [6, 6.07) is 7.96. The van der Waals surface area contributed by atoms with E-state index in [1.165, 1.54) is 0 Å². The number of imide groups is 1. The number of hydrogen-bond donors (Lipinski definition) is 3. The molecule has 6 heteroatoms. The number of pyridine rings is 1. The maximum atomic E-state index is 12.2. The predicted octanol–water partition coefficient (Wildman–Crippen LogP) is 1.72. The molecular formula is C21H23N3O3. The molecule has 1 saturated carbocycles. The number of benzene rings is 1. The lowest BCUT2D eigenvalue weighted by atomic mass is 9.73. The van der Waals surface area contributed by atoms with Crippen LogP contribution in [0.1, 0.15) is 49.1 Å². The molecule has 1 aromatic heterocycles. The molecule has 3 heterocycles. The molecule has 0 bridgehead atoms. The van der Waals surface area contributed by atoms with Gasteiger partial charge in [0.2, 0.25) is 11.8 Å². The molecule has 5 rings (SSSR count). The van der Waals surface area contributed by atoms with Crippen molar-refractivity contribution < 1.29 is 14.7 Å². The third-order valence-electron chi connectivity index (χ3n) is 6.68. The first-order chi connectivity index (χ1) is 13.0. The third kappa shape index (κ3) is 2.58. The molecule has 140 valence electrons. The fourth-order valence-corrected chi connectivity index (χ4v) is 4.81. The number of fused-ring (bicyclic) bond motifs is 1. The van der Waals surface area contributed by atoms with E-state index in [9.17, 15) is 14.7 Å². The maximum absolute atomic E-state index is 12.2. The van der Waals surface area contributed by atoms with Crippen molar-refractivity contribution in [3.05, 3.63) is 41.6 Å². The van der Waals surface area contributed by atoms with Crippen molar-refractivity contribution in [2.45, 2.75) is 43.6 Å². The first kappa shape index (κ1) is 16.8. The van der Waals surface area contributed by atoms with Gasteiger partial charge in [-0.3, -0.25) is 19.9 Å². The molecule has 3 fully saturated rings. The van der Waals surface area contributed by atoms with E-state index in [4.69, 9.17) is 0 Å². The van der Waals surface area contributed by atoms with E-state index in [1.807, 2.05) is 24.3 Å². The fourth-order valence-electron chi connectivity index (χ4n) is 4.81. The molecule has 3 aliphatic rings. The van der Waals surface area contributed by atoms with Gasteiger partial charge in [-0.2, -0.15) is 0 Å². The molecule has 2 unspecified atom stereocenters. The number of hydrogen-bond acceptors (Lipinski definition) is 5. The van der Waals surface area contributed by atoms with E-state index in [-0.39, 0.29) is 23.1 Å². The Morgan fingerprint density at radius 2 is 2.00 bits per heavy atom. The smallest absolute Gasteiger partial charge is 0.234 e. The van der Waals surface area contributed by atoms with E-state index in [1.54, 1.807) is 6.20 Å². The average Bonchev–Trinajstić information content (AvgIpc) is 3.44. The number of aromatic nitrogens is 1. The van der Waals surface area contributed by atoms with Crippen LogP contribution in [0.25, 0.3) is 10.9 Å². The number of nitrogens with one attached hydrogen (secondary N) is 2. The van der Waals surface area contributed by atoms with Gasteiger partial charge in [0, 0.05) is 30.0 Å². The summed E-state index contributed by atoms with van der Waals surface area (Å²) in [5.41, 5.74) is 1.75. The van der Waals surface area contributed by atoms with Gasteiger partial charge in [-0.05, 0) is 61.6 Å². The zero-order valence-electron chi connectivity index (χ0n) is 15.1. The quantitative estimate of drug-likeness (QED) is 0.705. The molecule has 6 nitrogen and oxygen atoms in total. The third-order valence-corrected chi connectivity index (χ3v) is 6.68. The fraction of sp³-hybridized carbons (Fsp3) is 0.476. The molecular weight excluding hydrogens is 342 g/mol. The van der Waals surface area contributed by atoms with Crippen molar-refractivity contribution >= 4 is 22.7 Å². The van der Waals surface area contributed by atoms with E-state index in [0.717, 1.165) is 48.0 Å². The monoisotopic (exact) mass is 365 g/mol. The van der Waals surface area contributed by atoms with Crippen molar-refractivity contribution in [3.8, 4) is 0 Å². The number of carbonyl (C=O) groups is 2. The van der Waals surface area contributed by atoms with Gasteiger partial charge in [0.25, 0.3) is 0 Å². The molecule has 2 saturated heterocycles. The Kier molecular flexibility index (Phi) is 3.64. The second kappa shape index (κ2) is 5.84. The van der Waals surface area contributed by atoms with E-state index < -0.39 is 5.60 Å². The van der Waals surface area contributed by atoms with Crippen LogP contribution < -0.4 is 10.6 Å². The molecule has 2 aromatic rings. The summed E-state index contributed by atoms with van der Waals surface area (Å²) in [5, 5.41) is 18.3. The number of piperidine rings is 2. The number of aliphatic hydroxyl groups is 1. The van der Waals surface area contributed by atoms with Gasteiger partial charge in [-0.1, -0.05) is 6.07 Å². The van der Waals surface area contributed by atoms with E-state index in [2.05, 4.69) is 15.6 Å². The van der Waals surface area contributed by atoms with Crippen LogP contribution in [-0.2, 0) is 15.2 Å². The van der Waals surface area contributed by atoms with Crippen LogP contribution in [-0.4, -0.2) is 35.0 Å². The standard InChI is InChI=1S/C21H23N3O3/c25-18-4-2-16(19(26)24-18)14-9-13-10-15(1-3-17(13)23-11-14)21(27)7-8-22-12-20(21)5-6-20/h1,3,9-11,16,22,27H,2,4-8,12H2,(H,24,25,26). The Morgan fingerprint density at radius 3 is 2.78 bits per heavy atom. The Labute approximate surface area is 157 Å². The van der Waals surface area contributed by atoms with Gasteiger partial charge in [0.1, 0.15) is 0 Å². The molecule has 1 aliphatic carbocycles. The molecule has 3 N–H and O–H groups in total. The lowest BCUT2D eigenvalue weighted by Gasteiger charge is -2.41. The minimum atomic E-state index is -0.808. The van der Waals surface area contributed by atoms with Crippen LogP contribution in [0.5, 0.6) is 0 Å². The van der Waals surface area contributed by atoms with Crippen molar-refractivity contribution in [2.24, 2.45) is 5.41 Å². The van der Waals surface area contributed by atoms with Crippen molar-refractivity contribution in [1.82, 2.24) is 15.6 Å². The van der Waals surface area contributed by atoms with Gasteiger partial charge in [0.15, 0.2) is 0 Å². The number of carbonyl (C=O) groups excluding carboxylic acids is 2.